The molecular weight excluding hydrogens is 213 g/mol. The van der Waals surface area contributed by atoms with Crippen molar-refractivity contribution in [2.24, 2.45) is 5.73 Å². The molecule has 5 nitrogen and oxygen atoms in total. The standard InChI is InChI=1S/C7H5F3N4O/c8-7(9,10)5-3-4(6(12)15)14(13-5)2-1-11/h3H,2H2,(H2,12,15). The molecule has 0 aliphatic rings. The van der Waals surface area contributed by atoms with Gasteiger partial charge in [-0.15, -0.1) is 0 Å². The highest BCUT2D eigenvalue weighted by atomic mass is 19.4. The summed E-state index contributed by atoms with van der Waals surface area (Å²) in [5.41, 5.74) is 3.14. The smallest absolute Gasteiger partial charge is 0.364 e. The van der Waals surface area contributed by atoms with Gasteiger partial charge < -0.3 is 5.73 Å². The number of carbonyl (C=O) groups excluding carboxylic acids is 1. The molecular formula is C7H5F3N4O. The van der Waals surface area contributed by atoms with Crippen molar-refractivity contribution in [1.82, 2.24) is 9.78 Å². The van der Waals surface area contributed by atoms with E-state index in [1.54, 1.807) is 6.07 Å². The van der Waals surface area contributed by atoms with Gasteiger partial charge >= 0.3 is 6.18 Å². The van der Waals surface area contributed by atoms with Gasteiger partial charge in [0.1, 0.15) is 12.2 Å². The van der Waals surface area contributed by atoms with Crippen LogP contribution in [-0.4, -0.2) is 15.7 Å². The van der Waals surface area contributed by atoms with Crippen LogP contribution in [0.1, 0.15) is 16.2 Å². The third-order valence-corrected chi connectivity index (χ3v) is 1.54. The monoisotopic (exact) mass is 218 g/mol. The second kappa shape index (κ2) is 3.61. The van der Waals surface area contributed by atoms with E-state index >= 15 is 0 Å². The summed E-state index contributed by atoms with van der Waals surface area (Å²) in [4.78, 5) is 10.7. The number of carbonyl (C=O) groups is 1. The molecule has 8 heteroatoms. The first-order valence-corrected chi connectivity index (χ1v) is 3.68. The van der Waals surface area contributed by atoms with Gasteiger partial charge in [-0.3, -0.25) is 4.79 Å². The Bertz CT molecular complexity index is 428. The van der Waals surface area contributed by atoms with Gasteiger partial charge in [-0.2, -0.15) is 23.5 Å². The van der Waals surface area contributed by atoms with Gasteiger partial charge in [0.05, 0.1) is 6.07 Å². The highest BCUT2D eigenvalue weighted by molar-refractivity contribution is 5.91. The zero-order valence-electron chi connectivity index (χ0n) is 7.25. The van der Waals surface area contributed by atoms with Crippen molar-refractivity contribution >= 4 is 5.91 Å². The Hall–Kier alpha value is -2.04. The van der Waals surface area contributed by atoms with Crippen molar-refractivity contribution in [1.29, 1.82) is 5.26 Å². The molecule has 1 amide bonds. The average molecular weight is 218 g/mol. The van der Waals surface area contributed by atoms with Crippen LogP contribution in [0, 0.1) is 11.3 Å². The largest absolute Gasteiger partial charge is 0.435 e. The van der Waals surface area contributed by atoms with E-state index in [-0.39, 0.29) is 0 Å². The predicted molar refractivity (Wildman–Crippen MR) is 41.4 cm³/mol. The Morgan fingerprint density at radius 2 is 2.27 bits per heavy atom. The summed E-state index contributed by atoms with van der Waals surface area (Å²) in [6.07, 6.45) is -4.66. The Balaban J connectivity index is 3.22. The second-order valence-corrected chi connectivity index (χ2v) is 2.59. The van der Waals surface area contributed by atoms with Crippen LogP contribution in [0.3, 0.4) is 0 Å². The van der Waals surface area contributed by atoms with Gasteiger partial charge in [-0.25, -0.2) is 4.68 Å². The third-order valence-electron chi connectivity index (χ3n) is 1.54. The molecule has 0 atom stereocenters. The van der Waals surface area contributed by atoms with Crippen molar-refractivity contribution < 1.29 is 18.0 Å². The van der Waals surface area contributed by atoms with Gasteiger partial charge in [-0.1, -0.05) is 0 Å². The molecule has 0 aliphatic heterocycles. The summed E-state index contributed by atoms with van der Waals surface area (Å²) >= 11 is 0. The van der Waals surface area contributed by atoms with Crippen LogP contribution in [0.2, 0.25) is 0 Å². The van der Waals surface area contributed by atoms with E-state index in [1.165, 1.54) is 0 Å². The van der Waals surface area contributed by atoms with Gasteiger partial charge in [0.2, 0.25) is 0 Å². The average Bonchev–Trinajstić information content (AvgIpc) is 2.48. The molecule has 15 heavy (non-hydrogen) atoms. The fourth-order valence-electron chi connectivity index (χ4n) is 0.941. The number of alkyl halides is 3. The molecule has 0 spiro atoms. The fraction of sp³-hybridized carbons (Fsp3) is 0.286. The Labute approximate surface area is 81.9 Å². The minimum absolute atomic E-state index is 0.441. The van der Waals surface area contributed by atoms with Crippen molar-refractivity contribution in [3.8, 4) is 6.07 Å². The summed E-state index contributed by atoms with van der Waals surface area (Å²) in [5.74, 6) is -1.06. The summed E-state index contributed by atoms with van der Waals surface area (Å²) in [7, 11) is 0. The zero-order valence-corrected chi connectivity index (χ0v) is 7.25. The lowest BCUT2D eigenvalue weighted by Crippen LogP contribution is -2.17. The first-order chi connectivity index (χ1) is 6.86. The molecule has 0 fully saturated rings. The lowest BCUT2D eigenvalue weighted by atomic mass is 10.3. The molecule has 1 rings (SSSR count). The van der Waals surface area contributed by atoms with E-state index in [4.69, 9.17) is 11.0 Å². The first-order valence-electron chi connectivity index (χ1n) is 3.68. The SMILES string of the molecule is N#CCn1nc(C(F)(F)F)cc1C(N)=O. The number of nitrogens with two attached hydrogens (primary N) is 1. The van der Waals surface area contributed by atoms with E-state index in [1.807, 2.05) is 0 Å². The second-order valence-electron chi connectivity index (χ2n) is 2.59. The third kappa shape index (κ3) is 2.25. The predicted octanol–water partition coefficient (Wildman–Crippen LogP) is 0.524. The molecule has 0 radical (unpaired) electrons. The van der Waals surface area contributed by atoms with Crippen molar-refractivity contribution in [2.45, 2.75) is 12.7 Å². The Morgan fingerprint density at radius 1 is 1.67 bits per heavy atom. The molecule has 1 heterocycles. The molecule has 0 saturated heterocycles. The molecule has 0 saturated carbocycles. The van der Waals surface area contributed by atoms with E-state index < -0.39 is 30.0 Å². The molecule has 0 unspecified atom stereocenters. The normalized spacial score (nSPS) is 11.1. The number of amides is 1. The van der Waals surface area contributed by atoms with E-state index in [0.717, 1.165) is 0 Å². The maximum atomic E-state index is 12.2. The summed E-state index contributed by atoms with van der Waals surface area (Å²) in [6, 6.07) is 2.08. The number of rotatable bonds is 2. The van der Waals surface area contributed by atoms with Crippen LogP contribution in [0.4, 0.5) is 13.2 Å². The number of hydrogen-bond donors (Lipinski definition) is 1. The number of primary amides is 1. The highest BCUT2D eigenvalue weighted by Gasteiger charge is 2.35. The maximum absolute atomic E-state index is 12.2. The molecule has 0 aromatic carbocycles. The summed E-state index contributed by atoms with van der Waals surface area (Å²) in [5, 5.41) is 11.4. The van der Waals surface area contributed by atoms with Gasteiger partial charge in [-0.05, 0) is 0 Å². The Kier molecular flexibility index (Phi) is 2.65. The molecule has 80 valence electrons. The minimum Gasteiger partial charge on any atom is -0.364 e. The van der Waals surface area contributed by atoms with Crippen molar-refractivity contribution in [3.63, 3.8) is 0 Å². The summed E-state index contributed by atoms with van der Waals surface area (Å²) < 4.78 is 37.1. The number of hydrogen-bond acceptors (Lipinski definition) is 3. The molecule has 1 aromatic heterocycles. The van der Waals surface area contributed by atoms with E-state index in [2.05, 4.69) is 5.10 Å². The van der Waals surface area contributed by atoms with Crippen LogP contribution in [0.25, 0.3) is 0 Å². The number of nitriles is 1. The van der Waals surface area contributed by atoms with Crippen LogP contribution in [-0.2, 0) is 12.7 Å². The van der Waals surface area contributed by atoms with Crippen molar-refractivity contribution in [2.75, 3.05) is 0 Å². The quantitative estimate of drug-likeness (QED) is 0.785. The number of nitrogens with zero attached hydrogens (tertiary/aromatic N) is 3. The van der Waals surface area contributed by atoms with Crippen LogP contribution in [0.15, 0.2) is 6.07 Å². The molecule has 2 N–H and O–H groups in total. The first kappa shape index (κ1) is 11.0. The maximum Gasteiger partial charge on any atom is 0.435 e. The zero-order chi connectivity index (χ0) is 11.6. The Morgan fingerprint density at radius 3 is 2.67 bits per heavy atom. The summed E-state index contributed by atoms with van der Waals surface area (Å²) in [6.45, 7) is -0.464. The molecule has 0 aliphatic carbocycles. The number of halogens is 3. The van der Waals surface area contributed by atoms with E-state index in [0.29, 0.717) is 10.7 Å². The molecule has 0 bridgehead atoms. The molecule has 1 aromatic rings. The topological polar surface area (TPSA) is 84.7 Å². The van der Waals surface area contributed by atoms with Crippen LogP contribution >= 0.6 is 0 Å². The van der Waals surface area contributed by atoms with Crippen LogP contribution in [0.5, 0.6) is 0 Å². The minimum atomic E-state index is -4.66. The van der Waals surface area contributed by atoms with Crippen molar-refractivity contribution in [3.05, 3.63) is 17.5 Å². The van der Waals surface area contributed by atoms with Gasteiger partial charge in [0.25, 0.3) is 5.91 Å². The fourth-order valence-corrected chi connectivity index (χ4v) is 0.941. The highest BCUT2D eigenvalue weighted by Crippen LogP contribution is 2.28. The lowest BCUT2D eigenvalue weighted by molar-refractivity contribution is -0.141. The van der Waals surface area contributed by atoms with Gasteiger partial charge in [0, 0.05) is 6.07 Å². The number of aromatic nitrogens is 2. The van der Waals surface area contributed by atoms with Gasteiger partial charge in [0.15, 0.2) is 5.69 Å². The van der Waals surface area contributed by atoms with E-state index in [9.17, 15) is 18.0 Å². The lowest BCUT2D eigenvalue weighted by Gasteiger charge is -1.99. The van der Waals surface area contributed by atoms with Crippen LogP contribution < -0.4 is 5.73 Å².